The summed E-state index contributed by atoms with van der Waals surface area (Å²) < 4.78 is 29.4. The number of rotatable bonds is 5. The van der Waals surface area contributed by atoms with Crippen LogP contribution in [0.1, 0.15) is 34.2 Å². The zero-order valence-electron chi connectivity index (χ0n) is 17.0. The second-order valence-corrected chi connectivity index (χ2v) is 6.70. The maximum atomic E-state index is 14.0. The third-order valence-corrected chi connectivity index (χ3v) is 4.66. The molecule has 0 fully saturated rings. The predicted octanol–water partition coefficient (Wildman–Crippen LogP) is 4.20. The van der Waals surface area contributed by atoms with E-state index >= 15 is 0 Å². The van der Waals surface area contributed by atoms with E-state index in [9.17, 15) is 13.6 Å². The minimum Gasteiger partial charge on any atom is -0.326 e. The fourth-order valence-corrected chi connectivity index (χ4v) is 3.06. The van der Waals surface area contributed by atoms with Crippen molar-refractivity contribution in [1.29, 1.82) is 0 Å². The lowest BCUT2D eigenvalue weighted by Gasteiger charge is -2.12. The van der Waals surface area contributed by atoms with E-state index in [4.69, 9.17) is 0 Å². The quantitative estimate of drug-likeness (QED) is 0.488. The van der Waals surface area contributed by atoms with Gasteiger partial charge in [-0.25, -0.2) is 13.8 Å². The summed E-state index contributed by atoms with van der Waals surface area (Å²) in [6.07, 6.45) is 0. The number of guanidine groups is 1. The Bertz CT molecular complexity index is 1090. The van der Waals surface area contributed by atoms with Crippen LogP contribution in [-0.2, 0) is 13.1 Å². The van der Waals surface area contributed by atoms with Crippen molar-refractivity contribution in [2.24, 2.45) is 4.99 Å². The van der Waals surface area contributed by atoms with E-state index in [2.05, 4.69) is 20.7 Å². The van der Waals surface area contributed by atoms with Gasteiger partial charge in [0.25, 0.3) is 5.91 Å². The van der Waals surface area contributed by atoms with Crippen molar-refractivity contribution in [2.75, 3.05) is 5.32 Å². The molecule has 2 aromatic carbocycles. The van der Waals surface area contributed by atoms with Crippen LogP contribution in [0.15, 0.2) is 53.5 Å². The van der Waals surface area contributed by atoms with E-state index in [0.717, 1.165) is 23.5 Å². The van der Waals surface area contributed by atoms with Crippen molar-refractivity contribution in [3.8, 4) is 0 Å². The number of hydrogen-bond acceptors (Lipinski definition) is 3. The number of anilines is 1. The lowest BCUT2D eigenvalue weighted by atomic mass is 10.2. The summed E-state index contributed by atoms with van der Waals surface area (Å²) in [6.45, 7) is 6.81. The van der Waals surface area contributed by atoms with Gasteiger partial charge in [0.2, 0.25) is 5.96 Å². The zero-order valence-corrected chi connectivity index (χ0v) is 17.0. The number of hydrogen-bond donors (Lipinski definition) is 2. The van der Waals surface area contributed by atoms with Gasteiger partial charge in [-0.2, -0.15) is 5.10 Å². The third kappa shape index (κ3) is 4.89. The van der Waals surface area contributed by atoms with E-state index in [1.54, 1.807) is 12.1 Å². The van der Waals surface area contributed by atoms with Crippen LogP contribution in [-0.4, -0.2) is 21.6 Å². The Labute approximate surface area is 173 Å². The maximum Gasteiger partial charge on any atom is 0.260 e. The third-order valence-electron chi connectivity index (χ3n) is 4.66. The smallest absolute Gasteiger partial charge is 0.260 e. The summed E-state index contributed by atoms with van der Waals surface area (Å²) in [5.74, 6) is -1.66. The summed E-state index contributed by atoms with van der Waals surface area (Å²) in [5, 5.41) is 9.94. The van der Waals surface area contributed by atoms with Gasteiger partial charge in [-0.1, -0.05) is 18.2 Å². The number of nitrogens with one attached hydrogen (secondary N) is 2. The second kappa shape index (κ2) is 9.30. The molecule has 1 heterocycles. The fourth-order valence-electron chi connectivity index (χ4n) is 3.06. The van der Waals surface area contributed by atoms with Crippen molar-refractivity contribution in [1.82, 2.24) is 15.1 Å². The molecule has 0 aliphatic heterocycles. The Balaban J connectivity index is 1.89. The average molecular weight is 411 g/mol. The number of aliphatic imine (C=N–C) groups is 1. The Hall–Kier alpha value is -3.55. The first-order chi connectivity index (χ1) is 14.4. The van der Waals surface area contributed by atoms with Gasteiger partial charge in [0.1, 0.15) is 11.6 Å². The lowest BCUT2D eigenvalue weighted by molar-refractivity contribution is 0.0973. The van der Waals surface area contributed by atoms with E-state index in [-0.39, 0.29) is 18.1 Å². The Morgan fingerprint density at radius 2 is 1.90 bits per heavy atom. The standard InChI is InChI=1S/C22H23F2N5O/c1-4-29-15(3)19(14(2)28-29)13-25-22(26-17-9-7-8-16(23)12-17)27-21(30)18-10-5-6-11-20(18)24/h5-12H,4,13H2,1-3H3,(H2,25,26,27,30). The number of nitrogens with zero attached hydrogens (tertiary/aromatic N) is 3. The Morgan fingerprint density at radius 3 is 2.57 bits per heavy atom. The van der Waals surface area contributed by atoms with Gasteiger partial charge >= 0.3 is 0 Å². The molecule has 3 aromatic rings. The number of carbonyl (C=O) groups is 1. The fraction of sp³-hybridized carbons (Fsp3) is 0.227. The molecular formula is C22H23F2N5O. The molecule has 0 atom stereocenters. The number of carbonyl (C=O) groups excluding carboxylic acids is 1. The molecule has 0 saturated carbocycles. The second-order valence-electron chi connectivity index (χ2n) is 6.70. The van der Waals surface area contributed by atoms with Crippen molar-refractivity contribution in [3.05, 3.63) is 82.7 Å². The molecule has 30 heavy (non-hydrogen) atoms. The van der Waals surface area contributed by atoms with E-state index in [1.807, 2.05) is 25.5 Å². The Kier molecular flexibility index (Phi) is 6.56. The molecule has 0 spiro atoms. The number of aromatic nitrogens is 2. The van der Waals surface area contributed by atoms with Crippen LogP contribution in [0.3, 0.4) is 0 Å². The van der Waals surface area contributed by atoms with Crippen molar-refractivity contribution in [2.45, 2.75) is 33.9 Å². The largest absolute Gasteiger partial charge is 0.326 e. The molecule has 0 aliphatic carbocycles. The molecule has 1 amide bonds. The summed E-state index contributed by atoms with van der Waals surface area (Å²) >= 11 is 0. The van der Waals surface area contributed by atoms with Crippen LogP contribution in [0, 0.1) is 25.5 Å². The van der Waals surface area contributed by atoms with E-state index in [0.29, 0.717) is 5.69 Å². The molecule has 2 N–H and O–H groups in total. The number of benzene rings is 2. The Morgan fingerprint density at radius 1 is 1.13 bits per heavy atom. The molecule has 1 aromatic heterocycles. The molecule has 6 nitrogen and oxygen atoms in total. The highest BCUT2D eigenvalue weighted by molar-refractivity contribution is 6.10. The van der Waals surface area contributed by atoms with E-state index < -0.39 is 17.5 Å². The highest BCUT2D eigenvalue weighted by Crippen LogP contribution is 2.15. The number of amides is 1. The van der Waals surface area contributed by atoms with Crippen molar-refractivity contribution in [3.63, 3.8) is 0 Å². The van der Waals surface area contributed by atoms with Crippen LogP contribution >= 0.6 is 0 Å². The average Bonchev–Trinajstić information content (AvgIpc) is 2.99. The molecule has 0 aliphatic rings. The summed E-state index contributed by atoms with van der Waals surface area (Å²) in [6, 6.07) is 11.4. The van der Waals surface area contributed by atoms with Gasteiger partial charge in [0, 0.05) is 23.5 Å². The minimum atomic E-state index is -0.659. The molecule has 0 unspecified atom stereocenters. The SMILES string of the molecule is CCn1nc(C)c(CN=C(NC(=O)c2ccccc2F)Nc2cccc(F)c2)c1C. The van der Waals surface area contributed by atoms with Gasteiger partial charge in [0.05, 0.1) is 17.8 Å². The first-order valence-electron chi connectivity index (χ1n) is 9.54. The van der Waals surface area contributed by atoms with Crippen LogP contribution in [0.5, 0.6) is 0 Å². The maximum absolute atomic E-state index is 14.0. The van der Waals surface area contributed by atoms with Crippen molar-refractivity contribution < 1.29 is 13.6 Å². The molecule has 156 valence electrons. The summed E-state index contributed by atoms with van der Waals surface area (Å²) in [7, 11) is 0. The molecule has 3 rings (SSSR count). The lowest BCUT2D eigenvalue weighted by Crippen LogP contribution is -2.36. The molecule has 0 radical (unpaired) electrons. The molecule has 8 heteroatoms. The van der Waals surface area contributed by atoms with Gasteiger partial charge in [-0.3, -0.25) is 14.8 Å². The molecular weight excluding hydrogens is 388 g/mol. The number of halogens is 2. The summed E-state index contributed by atoms with van der Waals surface area (Å²) in [4.78, 5) is 17.0. The predicted molar refractivity (Wildman–Crippen MR) is 112 cm³/mol. The highest BCUT2D eigenvalue weighted by Gasteiger charge is 2.15. The zero-order chi connectivity index (χ0) is 21.7. The minimum absolute atomic E-state index is 0.0805. The van der Waals surface area contributed by atoms with E-state index in [1.165, 1.54) is 36.4 Å². The van der Waals surface area contributed by atoms with Crippen LogP contribution in [0.4, 0.5) is 14.5 Å². The molecule has 0 saturated heterocycles. The van der Waals surface area contributed by atoms with Crippen LogP contribution in [0.25, 0.3) is 0 Å². The van der Waals surface area contributed by atoms with Crippen LogP contribution in [0.2, 0.25) is 0 Å². The highest BCUT2D eigenvalue weighted by atomic mass is 19.1. The first kappa shape index (κ1) is 21.2. The van der Waals surface area contributed by atoms with Crippen molar-refractivity contribution >= 4 is 17.6 Å². The van der Waals surface area contributed by atoms with Crippen LogP contribution < -0.4 is 10.6 Å². The normalized spacial score (nSPS) is 11.4. The van der Waals surface area contributed by atoms with Gasteiger partial charge in [0.15, 0.2) is 0 Å². The van der Waals surface area contributed by atoms with Gasteiger partial charge in [-0.15, -0.1) is 0 Å². The van der Waals surface area contributed by atoms with Gasteiger partial charge in [-0.05, 0) is 51.1 Å². The monoisotopic (exact) mass is 411 g/mol. The topological polar surface area (TPSA) is 71.3 Å². The number of aryl methyl sites for hydroxylation is 2. The first-order valence-corrected chi connectivity index (χ1v) is 9.54. The molecule has 0 bridgehead atoms. The van der Waals surface area contributed by atoms with Gasteiger partial charge < -0.3 is 5.32 Å². The summed E-state index contributed by atoms with van der Waals surface area (Å²) in [5.41, 5.74) is 3.03.